The third-order valence-electron chi connectivity index (χ3n) is 5.39. The van der Waals surface area contributed by atoms with Crippen LogP contribution in [-0.4, -0.2) is 58.5 Å². The number of carbonyl (C=O) groups is 1. The standard InChI is InChI=1S/C22H28N2O5S/c1-28-20-10-6-7-17(21(20)29-2)11-14-23-22(25)24-15-12-19(13-16-24)30(26,27)18-8-4-3-5-9-18/h3-10,19H,11-16H2,1-2H3,(H,23,25). The molecule has 1 N–H and O–H groups in total. The Morgan fingerprint density at radius 2 is 1.73 bits per heavy atom. The summed E-state index contributed by atoms with van der Waals surface area (Å²) >= 11 is 0. The Labute approximate surface area is 177 Å². The van der Waals surface area contributed by atoms with Crippen molar-refractivity contribution in [3.8, 4) is 11.5 Å². The topological polar surface area (TPSA) is 84.9 Å². The van der Waals surface area contributed by atoms with Gasteiger partial charge in [-0.05, 0) is 43.0 Å². The summed E-state index contributed by atoms with van der Waals surface area (Å²) in [7, 11) is -0.183. The van der Waals surface area contributed by atoms with Gasteiger partial charge in [0, 0.05) is 19.6 Å². The van der Waals surface area contributed by atoms with E-state index in [9.17, 15) is 13.2 Å². The predicted octanol–water partition coefficient (Wildman–Crippen LogP) is 2.89. The first-order chi connectivity index (χ1) is 14.5. The van der Waals surface area contributed by atoms with Crippen molar-refractivity contribution >= 4 is 15.9 Å². The minimum absolute atomic E-state index is 0.174. The number of para-hydroxylation sites is 1. The Morgan fingerprint density at radius 3 is 2.37 bits per heavy atom. The molecular formula is C22H28N2O5S. The van der Waals surface area contributed by atoms with E-state index >= 15 is 0 Å². The fourth-order valence-electron chi connectivity index (χ4n) is 3.74. The molecule has 0 spiro atoms. The maximum atomic E-state index is 12.8. The second-order valence-corrected chi connectivity index (χ2v) is 9.41. The van der Waals surface area contributed by atoms with Crippen molar-refractivity contribution in [1.29, 1.82) is 0 Å². The molecule has 2 amide bonds. The molecule has 30 heavy (non-hydrogen) atoms. The second-order valence-electron chi connectivity index (χ2n) is 7.18. The summed E-state index contributed by atoms with van der Waals surface area (Å²) in [4.78, 5) is 14.5. The van der Waals surface area contributed by atoms with Gasteiger partial charge in [0.1, 0.15) is 0 Å². The molecule has 0 aliphatic carbocycles. The highest BCUT2D eigenvalue weighted by atomic mass is 32.2. The van der Waals surface area contributed by atoms with Crippen molar-refractivity contribution in [3.05, 3.63) is 54.1 Å². The van der Waals surface area contributed by atoms with Gasteiger partial charge in [0.25, 0.3) is 0 Å². The number of piperidine rings is 1. The van der Waals surface area contributed by atoms with Gasteiger partial charge in [0.05, 0.1) is 24.4 Å². The highest BCUT2D eigenvalue weighted by molar-refractivity contribution is 7.92. The number of methoxy groups -OCH3 is 2. The Bertz CT molecular complexity index is 955. The van der Waals surface area contributed by atoms with Gasteiger partial charge in [0.15, 0.2) is 21.3 Å². The van der Waals surface area contributed by atoms with Crippen LogP contribution >= 0.6 is 0 Å². The smallest absolute Gasteiger partial charge is 0.317 e. The molecule has 2 aromatic rings. The second kappa shape index (κ2) is 9.84. The number of carbonyl (C=O) groups excluding carboxylic acids is 1. The van der Waals surface area contributed by atoms with Crippen LogP contribution in [0.3, 0.4) is 0 Å². The number of amides is 2. The van der Waals surface area contributed by atoms with E-state index < -0.39 is 15.1 Å². The van der Waals surface area contributed by atoms with E-state index in [1.165, 1.54) is 0 Å². The van der Waals surface area contributed by atoms with E-state index in [0.717, 1.165) is 5.56 Å². The number of benzene rings is 2. The van der Waals surface area contributed by atoms with Crippen LogP contribution in [-0.2, 0) is 16.3 Å². The summed E-state index contributed by atoms with van der Waals surface area (Å²) in [5.74, 6) is 1.32. The summed E-state index contributed by atoms with van der Waals surface area (Å²) in [6, 6.07) is 14.0. The molecule has 0 aromatic heterocycles. The Hall–Kier alpha value is -2.74. The third-order valence-corrected chi connectivity index (χ3v) is 7.67. The molecule has 7 nitrogen and oxygen atoms in total. The van der Waals surface area contributed by atoms with Crippen LogP contribution < -0.4 is 14.8 Å². The average molecular weight is 433 g/mol. The minimum atomic E-state index is -3.36. The molecule has 162 valence electrons. The van der Waals surface area contributed by atoms with Gasteiger partial charge in [-0.25, -0.2) is 13.2 Å². The van der Waals surface area contributed by atoms with Crippen LogP contribution in [0.1, 0.15) is 18.4 Å². The van der Waals surface area contributed by atoms with Crippen molar-refractivity contribution in [1.82, 2.24) is 10.2 Å². The summed E-state index contributed by atoms with van der Waals surface area (Å²) in [5, 5.41) is 2.46. The number of ether oxygens (including phenoxy) is 2. The number of nitrogens with one attached hydrogen (secondary N) is 1. The SMILES string of the molecule is COc1cccc(CCNC(=O)N2CCC(S(=O)(=O)c3ccccc3)CC2)c1OC. The maximum Gasteiger partial charge on any atom is 0.317 e. The highest BCUT2D eigenvalue weighted by Crippen LogP contribution is 2.30. The zero-order chi connectivity index (χ0) is 21.6. The summed E-state index contributed by atoms with van der Waals surface area (Å²) in [6.45, 7) is 1.29. The van der Waals surface area contributed by atoms with Crippen LogP contribution in [0, 0.1) is 0 Å². The number of likely N-dealkylation sites (tertiary alicyclic amines) is 1. The third kappa shape index (κ3) is 4.87. The molecule has 1 fully saturated rings. The summed E-state index contributed by atoms with van der Waals surface area (Å²) < 4.78 is 36.2. The first kappa shape index (κ1) is 22.0. The normalized spacial score (nSPS) is 14.9. The summed E-state index contributed by atoms with van der Waals surface area (Å²) in [6.07, 6.45) is 1.48. The van der Waals surface area contributed by atoms with E-state index in [1.807, 2.05) is 18.2 Å². The highest BCUT2D eigenvalue weighted by Gasteiger charge is 2.32. The van der Waals surface area contributed by atoms with Crippen LogP contribution in [0.15, 0.2) is 53.4 Å². The zero-order valence-corrected chi connectivity index (χ0v) is 18.2. The van der Waals surface area contributed by atoms with Crippen LogP contribution in [0.2, 0.25) is 0 Å². The summed E-state index contributed by atoms with van der Waals surface area (Å²) in [5.41, 5.74) is 0.949. The first-order valence-electron chi connectivity index (χ1n) is 9.99. The lowest BCUT2D eigenvalue weighted by atomic mass is 10.1. The number of rotatable bonds is 7. The zero-order valence-electron chi connectivity index (χ0n) is 17.3. The van der Waals surface area contributed by atoms with Gasteiger partial charge in [-0.15, -0.1) is 0 Å². The van der Waals surface area contributed by atoms with Crippen LogP contribution in [0.4, 0.5) is 4.79 Å². The van der Waals surface area contributed by atoms with Gasteiger partial charge in [-0.2, -0.15) is 0 Å². The minimum Gasteiger partial charge on any atom is -0.493 e. The fraction of sp³-hybridized carbons (Fsp3) is 0.409. The number of sulfone groups is 1. The molecule has 1 aliphatic heterocycles. The van der Waals surface area contributed by atoms with Gasteiger partial charge in [-0.1, -0.05) is 30.3 Å². The van der Waals surface area contributed by atoms with Crippen molar-refractivity contribution in [2.24, 2.45) is 0 Å². The predicted molar refractivity (Wildman–Crippen MR) is 115 cm³/mol. The molecule has 0 bridgehead atoms. The molecule has 3 rings (SSSR count). The Balaban J connectivity index is 1.51. The van der Waals surface area contributed by atoms with E-state index in [-0.39, 0.29) is 6.03 Å². The lowest BCUT2D eigenvalue weighted by Gasteiger charge is -2.31. The molecular weight excluding hydrogens is 404 g/mol. The van der Waals surface area contributed by atoms with Gasteiger partial charge < -0.3 is 19.7 Å². The maximum absolute atomic E-state index is 12.8. The van der Waals surface area contributed by atoms with Crippen molar-refractivity contribution in [2.75, 3.05) is 33.9 Å². The number of hydrogen-bond donors (Lipinski definition) is 1. The lowest BCUT2D eigenvalue weighted by molar-refractivity contribution is 0.187. The van der Waals surface area contributed by atoms with Crippen molar-refractivity contribution < 1.29 is 22.7 Å². The quantitative estimate of drug-likeness (QED) is 0.727. The van der Waals surface area contributed by atoms with Gasteiger partial charge in [0.2, 0.25) is 0 Å². The van der Waals surface area contributed by atoms with E-state index in [1.54, 1.807) is 49.5 Å². The molecule has 0 saturated carbocycles. The van der Waals surface area contributed by atoms with Gasteiger partial charge >= 0.3 is 6.03 Å². The monoisotopic (exact) mass is 432 g/mol. The van der Waals surface area contributed by atoms with Crippen LogP contribution in [0.5, 0.6) is 11.5 Å². The Morgan fingerprint density at radius 1 is 1.03 bits per heavy atom. The average Bonchev–Trinajstić information content (AvgIpc) is 2.79. The van der Waals surface area contributed by atoms with Crippen molar-refractivity contribution in [3.63, 3.8) is 0 Å². The van der Waals surface area contributed by atoms with E-state index in [4.69, 9.17) is 9.47 Å². The van der Waals surface area contributed by atoms with E-state index in [0.29, 0.717) is 55.3 Å². The van der Waals surface area contributed by atoms with Crippen LogP contribution in [0.25, 0.3) is 0 Å². The molecule has 0 atom stereocenters. The molecule has 2 aromatic carbocycles. The molecule has 8 heteroatoms. The van der Waals surface area contributed by atoms with Crippen molar-refractivity contribution in [2.45, 2.75) is 29.4 Å². The number of nitrogens with zero attached hydrogens (tertiary/aromatic N) is 1. The van der Waals surface area contributed by atoms with Gasteiger partial charge in [-0.3, -0.25) is 0 Å². The Kier molecular flexibility index (Phi) is 7.20. The fourth-order valence-corrected chi connectivity index (χ4v) is 5.49. The largest absolute Gasteiger partial charge is 0.493 e. The molecule has 1 saturated heterocycles. The molecule has 1 heterocycles. The molecule has 0 unspecified atom stereocenters. The van der Waals surface area contributed by atoms with E-state index in [2.05, 4.69) is 5.32 Å². The number of urea groups is 1. The molecule has 0 radical (unpaired) electrons. The molecule has 1 aliphatic rings. The lowest BCUT2D eigenvalue weighted by Crippen LogP contribution is -2.47. The first-order valence-corrected chi connectivity index (χ1v) is 11.5. The number of hydrogen-bond acceptors (Lipinski definition) is 5.